The van der Waals surface area contributed by atoms with Crippen molar-refractivity contribution in [1.29, 1.82) is 0 Å². The van der Waals surface area contributed by atoms with Gasteiger partial charge in [0.15, 0.2) is 0 Å². The number of nitrogens with one attached hydrogen (secondary N) is 3. The second-order valence-electron chi connectivity index (χ2n) is 7.21. The fraction of sp³-hybridized carbons (Fsp3) is 0.316. The SMILES string of the molecule is Cc1[nH]c(C(=O)Nc2ccc(-c3n[nH]c(=O)o3)cc2N2CCC[C@H](N)C2)c(Cl)c1Cl.Cl. The summed E-state index contributed by atoms with van der Waals surface area (Å²) >= 11 is 12.3. The lowest BCUT2D eigenvalue weighted by molar-refractivity contribution is 0.102. The molecule has 0 unspecified atom stereocenters. The number of carbonyl (C=O) groups is 1. The highest BCUT2D eigenvalue weighted by Crippen LogP contribution is 2.34. The first-order valence-corrected chi connectivity index (χ1v) is 10.1. The molecular weight excluding hydrogens is 467 g/mol. The van der Waals surface area contributed by atoms with E-state index in [4.69, 9.17) is 33.4 Å². The van der Waals surface area contributed by atoms with Gasteiger partial charge in [-0.1, -0.05) is 23.2 Å². The zero-order chi connectivity index (χ0) is 21.4. The predicted octanol–water partition coefficient (Wildman–Crippen LogP) is 3.57. The molecular formula is C19H21Cl3N6O3. The molecule has 0 aliphatic carbocycles. The summed E-state index contributed by atoms with van der Waals surface area (Å²) in [5.41, 5.74) is 8.85. The van der Waals surface area contributed by atoms with Crippen LogP contribution in [0.1, 0.15) is 29.0 Å². The molecule has 1 fully saturated rings. The van der Waals surface area contributed by atoms with Crippen LogP contribution in [-0.2, 0) is 0 Å². The Morgan fingerprint density at radius 3 is 2.74 bits per heavy atom. The summed E-state index contributed by atoms with van der Waals surface area (Å²) in [4.78, 5) is 29.2. The van der Waals surface area contributed by atoms with Crippen LogP contribution in [0.2, 0.25) is 10.0 Å². The number of benzene rings is 1. The third-order valence-electron chi connectivity index (χ3n) is 5.01. The van der Waals surface area contributed by atoms with Crippen LogP contribution in [-0.4, -0.2) is 40.2 Å². The number of halogens is 3. The van der Waals surface area contributed by atoms with Crippen molar-refractivity contribution in [2.75, 3.05) is 23.3 Å². The van der Waals surface area contributed by atoms with E-state index in [9.17, 15) is 9.59 Å². The van der Waals surface area contributed by atoms with Crippen LogP contribution in [0.25, 0.3) is 11.5 Å². The van der Waals surface area contributed by atoms with Crippen LogP contribution in [0, 0.1) is 6.92 Å². The van der Waals surface area contributed by atoms with Gasteiger partial charge in [0.1, 0.15) is 5.69 Å². The van der Waals surface area contributed by atoms with Gasteiger partial charge < -0.3 is 25.4 Å². The maximum atomic E-state index is 12.9. The molecule has 3 aromatic rings. The average molecular weight is 488 g/mol. The molecule has 0 spiro atoms. The summed E-state index contributed by atoms with van der Waals surface area (Å²) in [7, 11) is 0. The van der Waals surface area contributed by atoms with Gasteiger partial charge in [0.25, 0.3) is 5.91 Å². The monoisotopic (exact) mass is 486 g/mol. The van der Waals surface area contributed by atoms with Crippen LogP contribution < -0.4 is 21.7 Å². The van der Waals surface area contributed by atoms with Gasteiger partial charge in [-0.15, -0.1) is 17.5 Å². The molecule has 5 N–H and O–H groups in total. The van der Waals surface area contributed by atoms with Gasteiger partial charge in [-0.3, -0.25) is 4.79 Å². The molecule has 1 amide bonds. The van der Waals surface area contributed by atoms with E-state index in [1.54, 1.807) is 25.1 Å². The molecule has 1 aliphatic heterocycles. The Balaban J connectivity index is 0.00000272. The number of hydrogen-bond donors (Lipinski definition) is 4. The molecule has 1 aromatic carbocycles. The molecule has 3 heterocycles. The van der Waals surface area contributed by atoms with Gasteiger partial charge in [-0.2, -0.15) is 0 Å². The minimum atomic E-state index is -0.641. The Hall–Kier alpha value is -2.46. The van der Waals surface area contributed by atoms with E-state index < -0.39 is 11.7 Å². The van der Waals surface area contributed by atoms with Crippen molar-refractivity contribution in [1.82, 2.24) is 15.2 Å². The smallest absolute Gasteiger partial charge is 0.388 e. The predicted molar refractivity (Wildman–Crippen MR) is 123 cm³/mol. The second-order valence-corrected chi connectivity index (χ2v) is 7.96. The highest BCUT2D eigenvalue weighted by atomic mass is 35.5. The lowest BCUT2D eigenvalue weighted by Crippen LogP contribution is -2.43. The van der Waals surface area contributed by atoms with E-state index >= 15 is 0 Å². The Labute approximate surface area is 193 Å². The number of H-pyrrole nitrogens is 2. The number of anilines is 2. The maximum Gasteiger partial charge on any atom is 0.434 e. The lowest BCUT2D eigenvalue weighted by Gasteiger charge is -2.34. The Morgan fingerprint density at radius 2 is 2.13 bits per heavy atom. The van der Waals surface area contributed by atoms with Crippen molar-refractivity contribution in [3.05, 3.63) is 50.2 Å². The molecule has 12 heteroatoms. The number of rotatable bonds is 4. The summed E-state index contributed by atoms with van der Waals surface area (Å²) in [6.45, 7) is 3.14. The third kappa shape index (κ3) is 4.74. The zero-order valence-electron chi connectivity index (χ0n) is 16.5. The third-order valence-corrected chi connectivity index (χ3v) is 5.96. The second kappa shape index (κ2) is 9.35. The number of aromatic amines is 2. The Kier molecular flexibility index (Phi) is 7.00. The number of piperidine rings is 1. The van der Waals surface area contributed by atoms with E-state index in [1.165, 1.54) is 0 Å². The van der Waals surface area contributed by atoms with E-state index in [0.717, 1.165) is 25.1 Å². The van der Waals surface area contributed by atoms with Crippen molar-refractivity contribution >= 4 is 52.9 Å². The molecule has 2 aromatic heterocycles. The fourth-order valence-electron chi connectivity index (χ4n) is 3.53. The van der Waals surface area contributed by atoms with Crippen LogP contribution in [0.15, 0.2) is 27.4 Å². The van der Waals surface area contributed by atoms with E-state index in [-0.39, 0.29) is 35.1 Å². The molecule has 0 bridgehead atoms. The van der Waals surface area contributed by atoms with Crippen LogP contribution >= 0.6 is 35.6 Å². The topological polar surface area (TPSA) is 133 Å². The van der Waals surface area contributed by atoms with Crippen molar-refractivity contribution < 1.29 is 9.21 Å². The van der Waals surface area contributed by atoms with Gasteiger partial charge >= 0.3 is 5.76 Å². The van der Waals surface area contributed by atoms with E-state index in [2.05, 4.69) is 25.4 Å². The number of amides is 1. The van der Waals surface area contributed by atoms with Crippen molar-refractivity contribution in [3.8, 4) is 11.5 Å². The zero-order valence-corrected chi connectivity index (χ0v) is 18.8. The fourth-order valence-corrected chi connectivity index (χ4v) is 3.94. The number of aromatic nitrogens is 3. The van der Waals surface area contributed by atoms with Crippen LogP contribution in [0.3, 0.4) is 0 Å². The summed E-state index contributed by atoms with van der Waals surface area (Å²) in [5.74, 6) is -0.899. The number of nitrogens with two attached hydrogens (primary N) is 1. The van der Waals surface area contributed by atoms with Crippen molar-refractivity contribution in [3.63, 3.8) is 0 Å². The number of hydrogen-bond acceptors (Lipinski definition) is 6. The lowest BCUT2D eigenvalue weighted by atomic mass is 10.0. The average Bonchev–Trinajstić information content (AvgIpc) is 3.27. The molecule has 166 valence electrons. The molecule has 0 saturated carbocycles. The van der Waals surface area contributed by atoms with Gasteiger partial charge in [-0.25, -0.2) is 9.89 Å². The van der Waals surface area contributed by atoms with E-state index in [0.29, 0.717) is 28.5 Å². The highest BCUT2D eigenvalue weighted by molar-refractivity contribution is 6.44. The quantitative estimate of drug-likeness (QED) is 0.444. The molecule has 0 radical (unpaired) electrons. The number of aryl methyl sites for hydroxylation is 1. The molecule has 4 rings (SSSR count). The van der Waals surface area contributed by atoms with Gasteiger partial charge in [0, 0.05) is 30.4 Å². The van der Waals surface area contributed by atoms with Gasteiger partial charge in [-0.05, 0) is 38.0 Å². The highest BCUT2D eigenvalue weighted by Gasteiger charge is 2.23. The van der Waals surface area contributed by atoms with E-state index in [1.807, 2.05) is 0 Å². The largest absolute Gasteiger partial charge is 0.434 e. The number of nitrogens with zero attached hydrogens (tertiary/aromatic N) is 2. The molecule has 1 atom stereocenters. The Morgan fingerprint density at radius 1 is 1.35 bits per heavy atom. The van der Waals surface area contributed by atoms with Gasteiger partial charge in [0.2, 0.25) is 5.89 Å². The summed E-state index contributed by atoms with van der Waals surface area (Å²) < 4.78 is 5.07. The molecule has 31 heavy (non-hydrogen) atoms. The first-order chi connectivity index (χ1) is 14.3. The first kappa shape index (κ1) is 23.2. The van der Waals surface area contributed by atoms with Gasteiger partial charge in [0.05, 0.1) is 21.4 Å². The van der Waals surface area contributed by atoms with Crippen molar-refractivity contribution in [2.24, 2.45) is 5.73 Å². The normalized spacial score (nSPS) is 16.1. The van der Waals surface area contributed by atoms with Crippen LogP contribution in [0.4, 0.5) is 11.4 Å². The minimum absolute atomic E-state index is 0. The summed E-state index contributed by atoms with van der Waals surface area (Å²) in [6, 6.07) is 5.26. The molecule has 1 saturated heterocycles. The number of carbonyl (C=O) groups excluding carboxylic acids is 1. The summed E-state index contributed by atoms with van der Waals surface area (Å²) in [5, 5.41) is 9.50. The maximum absolute atomic E-state index is 12.9. The van der Waals surface area contributed by atoms with Crippen molar-refractivity contribution in [2.45, 2.75) is 25.8 Å². The Bertz CT molecular complexity index is 1160. The molecule has 1 aliphatic rings. The first-order valence-electron chi connectivity index (χ1n) is 9.39. The molecule has 9 nitrogen and oxygen atoms in total. The standard InChI is InChI=1S/C19H20Cl2N6O3.ClH/c1-9-14(20)15(21)16(23-9)17(28)24-12-5-4-10(18-25-26-19(29)30-18)7-13(12)27-6-2-3-11(22)8-27;/h4-5,7,11,23H,2-3,6,8,22H2,1H3,(H,24,28)(H,26,29);1H/t11-;/m0./s1. The minimum Gasteiger partial charge on any atom is -0.388 e. The summed E-state index contributed by atoms with van der Waals surface area (Å²) in [6.07, 6.45) is 1.86. The van der Waals surface area contributed by atoms with Crippen LogP contribution in [0.5, 0.6) is 0 Å².